The molecule has 0 aliphatic rings. The number of aromatic nitrogens is 2. The summed E-state index contributed by atoms with van der Waals surface area (Å²) in [5.74, 6) is 0.313. The van der Waals surface area contributed by atoms with Crippen molar-refractivity contribution in [1.82, 2.24) is 14.9 Å². The minimum Gasteiger partial charge on any atom is -0.369 e. The van der Waals surface area contributed by atoms with Crippen LogP contribution in [0.25, 0.3) is 10.9 Å². The number of carbonyl (C=O) groups excluding carboxylic acids is 1. The van der Waals surface area contributed by atoms with Crippen molar-refractivity contribution >= 4 is 22.6 Å². The van der Waals surface area contributed by atoms with Gasteiger partial charge in [0.25, 0.3) is 0 Å². The highest BCUT2D eigenvalue weighted by molar-refractivity contribution is 5.89. The Morgan fingerprint density at radius 2 is 2.15 bits per heavy atom. The number of amides is 1. The Morgan fingerprint density at radius 1 is 1.35 bits per heavy atom. The van der Waals surface area contributed by atoms with Crippen LogP contribution in [0.15, 0.2) is 24.5 Å². The normalized spacial score (nSPS) is 10.6. The van der Waals surface area contributed by atoms with Crippen molar-refractivity contribution in [2.24, 2.45) is 0 Å². The molecule has 2 aromatic rings. The van der Waals surface area contributed by atoms with E-state index in [0.29, 0.717) is 36.1 Å². The van der Waals surface area contributed by atoms with E-state index in [2.05, 4.69) is 15.3 Å². The van der Waals surface area contributed by atoms with Gasteiger partial charge in [0.05, 0.1) is 0 Å². The van der Waals surface area contributed by atoms with E-state index in [0.717, 1.165) is 0 Å². The van der Waals surface area contributed by atoms with Gasteiger partial charge < -0.3 is 10.2 Å². The molecule has 20 heavy (non-hydrogen) atoms. The second kappa shape index (κ2) is 6.27. The number of hydrogen-bond donors (Lipinski definition) is 1. The van der Waals surface area contributed by atoms with E-state index in [-0.39, 0.29) is 11.7 Å². The van der Waals surface area contributed by atoms with Crippen molar-refractivity contribution in [3.05, 3.63) is 30.3 Å². The van der Waals surface area contributed by atoms with Crippen molar-refractivity contribution in [1.29, 1.82) is 0 Å². The zero-order chi connectivity index (χ0) is 14.5. The van der Waals surface area contributed by atoms with Crippen LogP contribution in [0.5, 0.6) is 0 Å². The quantitative estimate of drug-likeness (QED) is 0.849. The molecule has 5 nitrogen and oxygen atoms in total. The molecule has 1 N–H and O–H groups in total. The first-order valence-corrected chi connectivity index (χ1v) is 6.43. The molecular weight excluding hydrogens is 259 g/mol. The Labute approximate surface area is 116 Å². The van der Waals surface area contributed by atoms with Crippen molar-refractivity contribution in [2.45, 2.75) is 12.8 Å². The molecule has 2 rings (SSSR count). The summed E-state index contributed by atoms with van der Waals surface area (Å²) in [6.07, 6.45) is 2.49. The fourth-order valence-electron chi connectivity index (χ4n) is 1.86. The Hall–Kier alpha value is -2.24. The maximum atomic E-state index is 13.6. The second-order valence-corrected chi connectivity index (χ2v) is 4.68. The van der Waals surface area contributed by atoms with Gasteiger partial charge in [0, 0.05) is 32.4 Å². The largest absolute Gasteiger partial charge is 0.369 e. The first kappa shape index (κ1) is 14.2. The van der Waals surface area contributed by atoms with E-state index in [1.54, 1.807) is 31.1 Å². The number of carbonyl (C=O) groups is 1. The molecule has 1 amide bonds. The molecule has 1 aromatic carbocycles. The predicted octanol–water partition coefficient (Wildman–Crippen LogP) is 2.05. The van der Waals surface area contributed by atoms with Gasteiger partial charge in [-0.25, -0.2) is 14.4 Å². The zero-order valence-electron chi connectivity index (χ0n) is 11.6. The summed E-state index contributed by atoms with van der Waals surface area (Å²) in [5.41, 5.74) is 0.300. The summed E-state index contributed by atoms with van der Waals surface area (Å²) in [4.78, 5) is 21.0. The highest BCUT2D eigenvalue weighted by Gasteiger charge is 2.07. The molecule has 0 saturated heterocycles. The van der Waals surface area contributed by atoms with Crippen molar-refractivity contribution in [3.8, 4) is 0 Å². The molecule has 0 atom stereocenters. The van der Waals surface area contributed by atoms with Gasteiger partial charge in [-0.1, -0.05) is 6.07 Å². The number of rotatable bonds is 5. The number of hydrogen-bond acceptors (Lipinski definition) is 4. The Morgan fingerprint density at radius 3 is 2.90 bits per heavy atom. The number of halogens is 1. The lowest BCUT2D eigenvalue weighted by Gasteiger charge is -2.11. The molecule has 0 spiro atoms. The van der Waals surface area contributed by atoms with Crippen LogP contribution in [0.4, 0.5) is 10.2 Å². The number of para-hydroxylation sites is 1. The third-order valence-corrected chi connectivity index (χ3v) is 2.97. The fraction of sp³-hybridized carbons (Fsp3) is 0.357. The molecule has 0 radical (unpaired) electrons. The van der Waals surface area contributed by atoms with E-state index in [4.69, 9.17) is 0 Å². The van der Waals surface area contributed by atoms with Gasteiger partial charge in [0.1, 0.15) is 23.5 Å². The lowest BCUT2D eigenvalue weighted by Crippen LogP contribution is -2.22. The molecule has 1 heterocycles. The van der Waals surface area contributed by atoms with Crippen molar-refractivity contribution in [3.63, 3.8) is 0 Å². The lowest BCUT2D eigenvalue weighted by atomic mass is 10.2. The Balaban J connectivity index is 2.00. The van der Waals surface area contributed by atoms with E-state index >= 15 is 0 Å². The van der Waals surface area contributed by atoms with Crippen molar-refractivity contribution < 1.29 is 9.18 Å². The van der Waals surface area contributed by atoms with Gasteiger partial charge in [-0.3, -0.25) is 4.79 Å². The SMILES string of the molecule is CN(C)C(=O)CCCNc1ncnc2c(F)cccc12. The number of nitrogens with zero attached hydrogens (tertiary/aromatic N) is 3. The zero-order valence-corrected chi connectivity index (χ0v) is 11.6. The average Bonchev–Trinajstić information content (AvgIpc) is 2.44. The summed E-state index contributed by atoms with van der Waals surface area (Å²) in [6, 6.07) is 4.77. The molecular formula is C14H17FN4O. The third-order valence-electron chi connectivity index (χ3n) is 2.97. The molecule has 0 aliphatic carbocycles. The fourth-order valence-corrected chi connectivity index (χ4v) is 1.86. The van der Waals surface area contributed by atoms with Gasteiger partial charge in [-0.2, -0.15) is 0 Å². The van der Waals surface area contributed by atoms with Crippen LogP contribution in [0.1, 0.15) is 12.8 Å². The maximum Gasteiger partial charge on any atom is 0.222 e. The molecule has 0 saturated carbocycles. The van der Waals surface area contributed by atoms with Crippen LogP contribution in [0.3, 0.4) is 0 Å². The van der Waals surface area contributed by atoms with E-state index in [1.807, 2.05) is 0 Å². The van der Waals surface area contributed by atoms with Crippen LogP contribution in [-0.4, -0.2) is 41.4 Å². The summed E-state index contributed by atoms with van der Waals surface area (Å²) in [7, 11) is 3.47. The van der Waals surface area contributed by atoms with E-state index < -0.39 is 0 Å². The smallest absolute Gasteiger partial charge is 0.222 e. The van der Waals surface area contributed by atoms with Gasteiger partial charge in [-0.05, 0) is 18.6 Å². The summed E-state index contributed by atoms with van der Waals surface area (Å²) in [5, 5.41) is 3.77. The molecule has 6 heteroatoms. The van der Waals surface area contributed by atoms with Gasteiger partial charge in [0.2, 0.25) is 5.91 Å². The van der Waals surface area contributed by atoms with Gasteiger partial charge in [-0.15, -0.1) is 0 Å². The number of benzene rings is 1. The monoisotopic (exact) mass is 276 g/mol. The molecule has 0 aliphatic heterocycles. The summed E-state index contributed by atoms with van der Waals surface area (Å²) >= 11 is 0. The van der Waals surface area contributed by atoms with Gasteiger partial charge in [0.15, 0.2) is 0 Å². The number of anilines is 1. The molecule has 1 aromatic heterocycles. The first-order chi connectivity index (χ1) is 9.59. The molecule has 0 unspecified atom stereocenters. The highest BCUT2D eigenvalue weighted by atomic mass is 19.1. The lowest BCUT2D eigenvalue weighted by molar-refractivity contribution is -0.128. The van der Waals surface area contributed by atoms with Gasteiger partial charge >= 0.3 is 0 Å². The van der Waals surface area contributed by atoms with Crippen LogP contribution < -0.4 is 5.32 Å². The predicted molar refractivity (Wildman–Crippen MR) is 75.9 cm³/mol. The van der Waals surface area contributed by atoms with Crippen molar-refractivity contribution in [2.75, 3.05) is 26.0 Å². The average molecular weight is 276 g/mol. The minimum atomic E-state index is -0.365. The summed E-state index contributed by atoms with van der Waals surface area (Å²) in [6.45, 7) is 0.599. The first-order valence-electron chi connectivity index (χ1n) is 6.43. The van der Waals surface area contributed by atoms with Crippen LogP contribution in [0, 0.1) is 5.82 Å². The Bertz CT molecular complexity index is 615. The Kier molecular flexibility index (Phi) is 4.45. The van der Waals surface area contributed by atoms with E-state index in [9.17, 15) is 9.18 Å². The molecule has 0 bridgehead atoms. The summed E-state index contributed by atoms with van der Waals surface area (Å²) < 4.78 is 13.6. The second-order valence-electron chi connectivity index (χ2n) is 4.68. The third kappa shape index (κ3) is 3.20. The van der Waals surface area contributed by atoms with Crippen LogP contribution in [-0.2, 0) is 4.79 Å². The maximum absolute atomic E-state index is 13.6. The molecule has 0 fully saturated rings. The number of nitrogens with one attached hydrogen (secondary N) is 1. The topological polar surface area (TPSA) is 58.1 Å². The van der Waals surface area contributed by atoms with Crippen LogP contribution in [0.2, 0.25) is 0 Å². The molecule has 106 valence electrons. The standard InChI is InChI=1S/C14H17FN4O/c1-19(2)12(20)7-4-8-16-14-10-5-3-6-11(15)13(10)17-9-18-14/h3,5-6,9H,4,7-8H2,1-2H3,(H,16,17,18). The number of fused-ring (bicyclic) bond motifs is 1. The highest BCUT2D eigenvalue weighted by Crippen LogP contribution is 2.21. The van der Waals surface area contributed by atoms with Crippen LogP contribution >= 0.6 is 0 Å². The van der Waals surface area contributed by atoms with E-state index in [1.165, 1.54) is 12.4 Å². The minimum absolute atomic E-state index is 0.0883.